The van der Waals surface area contributed by atoms with Crippen LogP contribution >= 0.6 is 0 Å². The Kier molecular flexibility index (Phi) is 6.45. The van der Waals surface area contributed by atoms with E-state index in [-0.39, 0.29) is 108 Å². The maximum absolute atomic E-state index is 13.6. The first-order chi connectivity index (χ1) is 19.3. The Balaban J connectivity index is 1.16. The second kappa shape index (κ2) is 9.78. The number of ether oxygens (including phenoxy) is 2. The molecule has 6 aliphatic carbocycles. The lowest BCUT2D eigenvalue weighted by atomic mass is 9.57. The first-order valence-electron chi connectivity index (χ1n) is 15.4. The maximum atomic E-state index is 13.6. The first kappa shape index (κ1) is 26.4. The highest BCUT2D eigenvalue weighted by Crippen LogP contribution is 2.68. The fourth-order valence-corrected chi connectivity index (χ4v) is 10.7. The molecule has 0 radical (unpaired) electrons. The molecule has 6 aliphatic rings. The van der Waals surface area contributed by atoms with Crippen molar-refractivity contribution in [3.8, 4) is 0 Å². The van der Waals surface area contributed by atoms with Crippen LogP contribution in [0, 0.1) is 71.0 Å². The fourth-order valence-electron chi connectivity index (χ4n) is 10.7. The summed E-state index contributed by atoms with van der Waals surface area (Å²) in [6.45, 7) is 4.05. The van der Waals surface area contributed by atoms with Gasteiger partial charge in [0.15, 0.2) is 0 Å². The molecule has 13 atom stereocenters. The van der Waals surface area contributed by atoms with Crippen molar-refractivity contribution in [3.05, 3.63) is 35.4 Å². The van der Waals surface area contributed by atoms with Gasteiger partial charge in [-0.15, -0.1) is 0 Å². The zero-order chi connectivity index (χ0) is 27.9. The Labute approximate surface area is 235 Å². The van der Waals surface area contributed by atoms with Crippen LogP contribution in [0.2, 0.25) is 0 Å². The van der Waals surface area contributed by atoms with Gasteiger partial charge >= 0.3 is 11.9 Å². The van der Waals surface area contributed by atoms with Gasteiger partial charge in [-0.2, -0.15) is 0 Å². The summed E-state index contributed by atoms with van der Waals surface area (Å²) >= 11 is 0. The number of carbonyl (C=O) groups excluding carboxylic acids is 4. The molecule has 5 fully saturated rings. The minimum absolute atomic E-state index is 0.00277. The molecule has 1 aromatic rings. The third kappa shape index (κ3) is 3.86. The average molecular weight is 549 g/mol. The van der Waals surface area contributed by atoms with Crippen molar-refractivity contribution in [2.45, 2.75) is 58.5 Å². The van der Waals surface area contributed by atoms with E-state index in [2.05, 4.69) is 13.0 Å². The number of aliphatic hydroxyl groups excluding tert-OH is 1. The predicted molar refractivity (Wildman–Crippen MR) is 143 cm³/mol. The van der Waals surface area contributed by atoms with E-state index in [1.54, 1.807) is 0 Å². The van der Waals surface area contributed by atoms with Crippen molar-refractivity contribution in [2.24, 2.45) is 71.0 Å². The Hall–Kier alpha value is -2.54. The number of aliphatic hydroxyl groups is 1. The van der Waals surface area contributed by atoms with E-state index in [1.807, 2.05) is 25.1 Å². The van der Waals surface area contributed by atoms with Gasteiger partial charge in [-0.25, -0.2) is 0 Å². The van der Waals surface area contributed by atoms with Crippen LogP contribution in [0.4, 0.5) is 0 Å². The van der Waals surface area contributed by atoms with Crippen LogP contribution in [0.15, 0.2) is 24.3 Å². The summed E-state index contributed by atoms with van der Waals surface area (Å²) in [5, 5.41) is 9.17. The summed E-state index contributed by atoms with van der Waals surface area (Å²) < 4.78 is 11.5. The minimum Gasteiger partial charge on any atom is -0.463 e. The summed E-state index contributed by atoms with van der Waals surface area (Å²) in [5.41, 5.74) is 2.32. The second-order valence-corrected chi connectivity index (χ2v) is 13.7. The molecule has 5 saturated carbocycles. The molecule has 0 saturated heterocycles. The van der Waals surface area contributed by atoms with Gasteiger partial charge in [0.1, 0.15) is 24.3 Å². The van der Waals surface area contributed by atoms with Gasteiger partial charge in [-0.05, 0) is 84.2 Å². The molecule has 0 aliphatic heterocycles. The summed E-state index contributed by atoms with van der Waals surface area (Å²) in [6, 6.07) is 8.08. The third-order valence-corrected chi connectivity index (χ3v) is 12.3. The van der Waals surface area contributed by atoms with Crippen molar-refractivity contribution in [2.75, 3.05) is 13.2 Å². The molecule has 214 valence electrons. The molecule has 40 heavy (non-hydrogen) atoms. The quantitative estimate of drug-likeness (QED) is 0.406. The smallest absolute Gasteiger partial charge is 0.309 e. The molecule has 1 aromatic carbocycles. The molecule has 1 N–H and O–H groups in total. The van der Waals surface area contributed by atoms with E-state index < -0.39 is 0 Å². The van der Waals surface area contributed by atoms with Crippen molar-refractivity contribution in [1.82, 2.24) is 0 Å². The van der Waals surface area contributed by atoms with Gasteiger partial charge in [0, 0.05) is 18.3 Å². The van der Waals surface area contributed by atoms with Crippen LogP contribution in [0.1, 0.15) is 63.2 Å². The maximum Gasteiger partial charge on any atom is 0.309 e. The van der Waals surface area contributed by atoms with Crippen molar-refractivity contribution < 1.29 is 33.8 Å². The molecule has 7 heteroatoms. The van der Waals surface area contributed by atoms with Gasteiger partial charge in [-0.1, -0.05) is 38.1 Å². The highest BCUT2D eigenvalue weighted by Gasteiger charge is 2.66. The molecule has 0 aromatic heterocycles. The zero-order valence-electron chi connectivity index (χ0n) is 23.4. The second-order valence-electron chi connectivity index (χ2n) is 13.7. The number of benzene rings is 1. The number of hydrogen-bond donors (Lipinski definition) is 1. The number of carbonyl (C=O) groups is 4. The van der Waals surface area contributed by atoms with Crippen LogP contribution in [0.5, 0.6) is 0 Å². The molecule has 7 nitrogen and oxygen atoms in total. The van der Waals surface area contributed by atoms with E-state index in [4.69, 9.17) is 9.47 Å². The Morgan fingerprint density at radius 3 is 2.27 bits per heavy atom. The highest BCUT2D eigenvalue weighted by molar-refractivity contribution is 6.08. The van der Waals surface area contributed by atoms with Gasteiger partial charge < -0.3 is 14.6 Å². The Morgan fingerprint density at radius 2 is 1.57 bits per heavy atom. The van der Waals surface area contributed by atoms with E-state index in [0.29, 0.717) is 11.8 Å². The average Bonchev–Trinajstić information content (AvgIpc) is 3.73. The predicted octanol–water partition coefficient (Wildman–Crippen LogP) is 3.95. The topological polar surface area (TPSA) is 107 Å². The molecule has 13 unspecified atom stereocenters. The molecule has 0 amide bonds. The Bertz CT molecular complexity index is 1240. The normalized spacial score (nSPS) is 44.5. The molecular formula is C33H40O7. The van der Waals surface area contributed by atoms with Gasteiger partial charge in [-0.3, -0.25) is 19.2 Å². The lowest BCUT2D eigenvalue weighted by Gasteiger charge is -2.47. The minimum atomic E-state index is -0.348. The number of Topliss-reactive ketones (excluding diaryl/α,β-unsaturated/α-hetero) is 2. The van der Waals surface area contributed by atoms with Crippen LogP contribution < -0.4 is 0 Å². The summed E-state index contributed by atoms with van der Waals surface area (Å²) in [4.78, 5) is 52.7. The van der Waals surface area contributed by atoms with Gasteiger partial charge in [0.05, 0.1) is 24.9 Å². The number of esters is 2. The molecule has 0 heterocycles. The molecule has 4 bridgehead atoms. The Morgan fingerprint density at radius 1 is 0.875 bits per heavy atom. The lowest BCUT2D eigenvalue weighted by molar-refractivity contribution is -0.161. The zero-order valence-corrected chi connectivity index (χ0v) is 23.4. The summed E-state index contributed by atoms with van der Waals surface area (Å²) in [7, 11) is 0. The molecular weight excluding hydrogens is 508 g/mol. The lowest BCUT2D eigenvalue weighted by Crippen LogP contribution is -2.47. The standard InChI is InChI=1S/C33H40O7/c1-15-18-9-21(23(10-18)32(37)39-8-7-34)28(15)30-19-11-22(31(30)29-16(2)25(35)14-26(29)36)24(12-19)33(38)40-27-13-17-5-3-4-6-20(17)27/h3-6,15-16,18-19,21-24,27-31,34H,7-14H2,1-2H3. The monoisotopic (exact) mass is 548 g/mol. The number of fused-ring (bicyclic) bond motifs is 5. The number of rotatable bonds is 7. The van der Waals surface area contributed by atoms with Crippen LogP contribution in [0.25, 0.3) is 0 Å². The van der Waals surface area contributed by atoms with Gasteiger partial charge in [0.25, 0.3) is 0 Å². The summed E-state index contributed by atoms with van der Waals surface area (Å²) in [5.74, 6) is 0.473. The van der Waals surface area contributed by atoms with E-state index >= 15 is 0 Å². The molecule has 7 rings (SSSR count). The van der Waals surface area contributed by atoms with E-state index in [1.165, 1.54) is 5.56 Å². The molecule has 0 spiro atoms. The van der Waals surface area contributed by atoms with Crippen LogP contribution in [-0.4, -0.2) is 41.8 Å². The number of ketones is 2. The number of hydrogen-bond acceptors (Lipinski definition) is 7. The van der Waals surface area contributed by atoms with Gasteiger partial charge in [0.2, 0.25) is 0 Å². The third-order valence-electron chi connectivity index (χ3n) is 12.3. The van der Waals surface area contributed by atoms with Crippen molar-refractivity contribution >= 4 is 23.5 Å². The van der Waals surface area contributed by atoms with Crippen molar-refractivity contribution in [3.63, 3.8) is 0 Å². The summed E-state index contributed by atoms with van der Waals surface area (Å²) in [6.07, 6.45) is 4.03. The van der Waals surface area contributed by atoms with E-state index in [0.717, 1.165) is 37.7 Å². The van der Waals surface area contributed by atoms with Crippen molar-refractivity contribution in [1.29, 1.82) is 0 Å². The van der Waals surface area contributed by atoms with Crippen LogP contribution in [-0.2, 0) is 35.1 Å². The first-order valence-corrected chi connectivity index (χ1v) is 15.4. The SMILES string of the molecule is CC1C(=O)CC(=O)C1C1C2CC(CC2C(=O)OC2Cc3ccccc32)C1C1C(C)C2CC(C(=O)OCCO)C1C2. The fraction of sp³-hybridized carbons (Fsp3) is 0.697. The van der Waals surface area contributed by atoms with E-state index in [9.17, 15) is 24.3 Å². The largest absolute Gasteiger partial charge is 0.463 e. The van der Waals surface area contributed by atoms with Crippen LogP contribution in [0.3, 0.4) is 0 Å². The highest BCUT2D eigenvalue weighted by atomic mass is 16.5.